The van der Waals surface area contributed by atoms with E-state index in [-0.39, 0.29) is 5.41 Å². The first-order chi connectivity index (χ1) is 5.82. The predicted octanol–water partition coefficient (Wildman–Crippen LogP) is 4.50. The van der Waals surface area contributed by atoms with Gasteiger partial charge in [-0.2, -0.15) is 0 Å². The van der Waals surface area contributed by atoms with Gasteiger partial charge in [0.1, 0.15) is 0 Å². The Hall–Kier alpha value is 0.680. The average molecular weight is 400 g/mol. The fourth-order valence-electron chi connectivity index (χ4n) is 1.23. The molecule has 0 amide bonds. The summed E-state index contributed by atoms with van der Waals surface area (Å²) in [4.78, 5) is 0. The van der Waals surface area contributed by atoms with E-state index < -0.39 is 0 Å². The standard InChI is InChI=1S/C11H14I2/c1-7-5-8(11(2,3)4)10(13)6-9(7)12/h5-6H,1-4H3. The number of aryl methyl sites for hydroxylation is 1. The van der Waals surface area contributed by atoms with Crippen LogP contribution in [0, 0.1) is 14.1 Å². The summed E-state index contributed by atoms with van der Waals surface area (Å²) in [6, 6.07) is 4.57. The second kappa shape index (κ2) is 4.04. The summed E-state index contributed by atoms with van der Waals surface area (Å²) in [7, 11) is 0. The highest BCUT2D eigenvalue weighted by Crippen LogP contribution is 2.29. The smallest absolute Gasteiger partial charge is 0.0178 e. The number of halogens is 2. The van der Waals surface area contributed by atoms with Crippen LogP contribution >= 0.6 is 45.2 Å². The van der Waals surface area contributed by atoms with Crippen molar-refractivity contribution in [1.82, 2.24) is 0 Å². The van der Waals surface area contributed by atoms with Crippen LogP contribution in [0.5, 0.6) is 0 Å². The Bertz CT molecular complexity index is 322. The zero-order valence-corrected chi connectivity index (χ0v) is 12.7. The summed E-state index contributed by atoms with van der Waals surface area (Å²) in [5.74, 6) is 0. The van der Waals surface area contributed by atoms with Crippen molar-refractivity contribution in [2.45, 2.75) is 33.1 Å². The number of benzene rings is 1. The van der Waals surface area contributed by atoms with Crippen LogP contribution in [0.15, 0.2) is 12.1 Å². The summed E-state index contributed by atoms with van der Waals surface area (Å²) in [6.07, 6.45) is 0. The van der Waals surface area contributed by atoms with Crippen molar-refractivity contribution in [3.05, 3.63) is 30.4 Å². The third-order valence-electron chi connectivity index (χ3n) is 2.06. The summed E-state index contributed by atoms with van der Waals surface area (Å²) >= 11 is 4.81. The van der Waals surface area contributed by atoms with Crippen LogP contribution in [0.25, 0.3) is 0 Å². The highest BCUT2D eigenvalue weighted by Gasteiger charge is 2.17. The Kier molecular flexibility index (Phi) is 3.66. The van der Waals surface area contributed by atoms with Crippen molar-refractivity contribution < 1.29 is 0 Å². The minimum absolute atomic E-state index is 0.256. The Morgan fingerprint density at radius 3 is 2.00 bits per heavy atom. The van der Waals surface area contributed by atoms with Crippen molar-refractivity contribution in [2.75, 3.05) is 0 Å². The second-order valence-electron chi connectivity index (χ2n) is 4.33. The highest BCUT2D eigenvalue weighted by atomic mass is 127. The van der Waals surface area contributed by atoms with Crippen LogP contribution in [-0.2, 0) is 5.41 Å². The first-order valence-electron chi connectivity index (χ1n) is 4.28. The van der Waals surface area contributed by atoms with Gasteiger partial charge >= 0.3 is 0 Å². The van der Waals surface area contributed by atoms with Gasteiger partial charge in [-0.25, -0.2) is 0 Å². The molecule has 1 aromatic carbocycles. The molecule has 0 spiro atoms. The van der Waals surface area contributed by atoms with E-state index in [1.54, 1.807) is 0 Å². The fourth-order valence-corrected chi connectivity index (χ4v) is 3.57. The molecule has 0 aliphatic carbocycles. The van der Waals surface area contributed by atoms with Crippen molar-refractivity contribution in [3.8, 4) is 0 Å². The summed E-state index contributed by atoms with van der Waals surface area (Å²) < 4.78 is 2.73. The first kappa shape index (κ1) is 11.8. The van der Waals surface area contributed by atoms with Gasteiger partial charge < -0.3 is 0 Å². The quantitative estimate of drug-likeness (QED) is 0.563. The molecule has 0 saturated carbocycles. The Balaban J connectivity index is 3.32. The Morgan fingerprint density at radius 1 is 1.00 bits per heavy atom. The van der Waals surface area contributed by atoms with Gasteiger partial charge in [-0.15, -0.1) is 0 Å². The van der Waals surface area contributed by atoms with Gasteiger partial charge in [0.15, 0.2) is 0 Å². The molecule has 0 unspecified atom stereocenters. The van der Waals surface area contributed by atoms with Gasteiger partial charge in [-0.3, -0.25) is 0 Å². The zero-order chi connectivity index (χ0) is 10.2. The monoisotopic (exact) mass is 400 g/mol. The molecule has 13 heavy (non-hydrogen) atoms. The van der Waals surface area contributed by atoms with E-state index in [1.165, 1.54) is 18.3 Å². The van der Waals surface area contributed by atoms with E-state index in [4.69, 9.17) is 0 Å². The molecule has 0 aliphatic heterocycles. The molecule has 0 aliphatic rings. The molecule has 72 valence electrons. The van der Waals surface area contributed by atoms with E-state index in [2.05, 4.69) is 85.0 Å². The van der Waals surface area contributed by atoms with Gasteiger partial charge in [-0.05, 0) is 74.7 Å². The summed E-state index contributed by atoms with van der Waals surface area (Å²) in [5.41, 5.74) is 3.09. The second-order valence-corrected chi connectivity index (χ2v) is 6.66. The first-order valence-corrected chi connectivity index (χ1v) is 6.44. The van der Waals surface area contributed by atoms with Crippen molar-refractivity contribution >= 4 is 45.2 Å². The molecule has 0 bridgehead atoms. The molecule has 0 nitrogen and oxygen atoms in total. The fraction of sp³-hybridized carbons (Fsp3) is 0.455. The maximum absolute atomic E-state index is 2.42. The van der Waals surface area contributed by atoms with E-state index >= 15 is 0 Å². The third kappa shape index (κ3) is 2.81. The molecule has 0 aromatic heterocycles. The molecular formula is C11H14I2. The molecule has 1 aromatic rings. The molecule has 0 saturated heterocycles. The lowest BCUT2D eigenvalue weighted by molar-refractivity contribution is 0.586. The average Bonchev–Trinajstić information content (AvgIpc) is 1.94. The number of hydrogen-bond donors (Lipinski definition) is 0. The molecule has 0 heterocycles. The van der Waals surface area contributed by atoms with Gasteiger partial charge in [0.2, 0.25) is 0 Å². The lowest BCUT2D eigenvalue weighted by Gasteiger charge is -2.21. The maximum Gasteiger partial charge on any atom is 0.0178 e. The minimum Gasteiger partial charge on any atom is -0.0560 e. The summed E-state index contributed by atoms with van der Waals surface area (Å²) in [6.45, 7) is 8.96. The molecule has 0 fully saturated rings. The van der Waals surface area contributed by atoms with Crippen molar-refractivity contribution in [1.29, 1.82) is 0 Å². The molecular weight excluding hydrogens is 386 g/mol. The van der Waals surface area contributed by atoms with Crippen LogP contribution in [0.3, 0.4) is 0 Å². The van der Waals surface area contributed by atoms with E-state index in [9.17, 15) is 0 Å². The van der Waals surface area contributed by atoms with Gasteiger partial charge in [0.05, 0.1) is 0 Å². The van der Waals surface area contributed by atoms with Crippen LogP contribution in [0.4, 0.5) is 0 Å². The van der Waals surface area contributed by atoms with Crippen LogP contribution in [0.1, 0.15) is 31.9 Å². The molecule has 0 N–H and O–H groups in total. The lowest BCUT2D eigenvalue weighted by atomic mass is 9.86. The Labute approximate surface area is 108 Å². The van der Waals surface area contributed by atoms with E-state index in [0.717, 1.165) is 0 Å². The molecule has 2 heteroatoms. The van der Waals surface area contributed by atoms with E-state index in [1.807, 2.05) is 0 Å². The maximum atomic E-state index is 2.42. The minimum atomic E-state index is 0.256. The van der Waals surface area contributed by atoms with E-state index in [0.29, 0.717) is 0 Å². The van der Waals surface area contributed by atoms with Gasteiger partial charge in [-0.1, -0.05) is 26.8 Å². The SMILES string of the molecule is Cc1cc(C(C)(C)C)c(I)cc1I. The topological polar surface area (TPSA) is 0 Å². The summed E-state index contributed by atoms with van der Waals surface area (Å²) in [5, 5.41) is 0. The normalized spacial score (nSPS) is 11.8. The third-order valence-corrected chi connectivity index (χ3v) is 4.11. The molecule has 0 radical (unpaired) electrons. The predicted molar refractivity (Wildman–Crippen MR) is 75.3 cm³/mol. The Morgan fingerprint density at radius 2 is 1.54 bits per heavy atom. The van der Waals surface area contributed by atoms with Crippen LogP contribution in [0.2, 0.25) is 0 Å². The highest BCUT2D eigenvalue weighted by molar-refractivity contribution is 14.1. The number of hydrogen-bond acceptors (Lipinski definition) is 0. The van der Waals surface area contributed by atoms with Crippen molar-refractivity contribution in [3.63, 3.8) is 0 Å². The zero-order valence-electron chi connectivity index (χ0n) is 8.41. The van der Waals surface area contributed by atoms with Crippen LogP contribution < -0.4 is 0 Å². The van der Waals surface area contributed by atoms with Crippen molar-refractivity contribution in [2.24, 2.45) is 0 Å². The van der Waals surface area contributed by atoms with Gasteiger partial charge in [0, 0.05) is 7.14 Å². The van der Waals surface area contributed by atoms with Gasteiger partial charge in [0.25, 0.3) is 0 Å². The van der Waals surface area contributed by atoms with Crippen LogP contribution in [-0.4, -0.2) is 0 Å². The molecule has 0 atom stereocenters. The number of rotatable bonds is 0. The lowest BCUT2D eigenvalue weighted by Crippen LogP contribution is -2.13. The largest absolute Gasteiger partial charge is 0.0560 e. The molecule has 1 rings (SSSR count).